The fourth-order valence-corrected chi connectivity index (χ4v) is 5.14. The van der Waals surface area contributed by atoms with Crippen molar-refractivity contribution < 1.29 is 14.3 Å². The first-order chi connectivity index (χ1) is 18.8. The second-order valence-electron chi connectivity index (χ2n) is 9.85. The summed E-state index contributed by atoms with van der Waals surface area (Å²) >= 11 is 10.1. The van der Waals surface area contributed by atoms with Crippen molar-refractivity contribution in [3.05, 3.63) is 112 Å². The molecule has 0 bridgehead atoms. The third kappa shape index (κ3) is 7.61. The van der Waals surface area contributed by atoms with E-state index in [9.17, 15) is 9.59 Å². The van der Waals surface area contributed by atoms with E-state index in [2.05, 4.69) is 21.2 Å². The fraction of sp³-hybridized carbons (Fsp3) is 0.250. The number of hydrogen-bond donors (Lipinski definition) is 1. The van der Waals surface area contributed by atoms with Gasteiger partial charge < -0.3 is 15.0 Å². The van der Waals surface area contributed by atoms with Gasteiger partial charge in [0.2, 0.25) is 5.91 Å². The van der Waals surface area contributed by atoms with Crippen LogP contribution in [0.15, 0.2) is 95.5 Å². The van der Waals surface area contributed by atoms with Crippen LogP contribution < -0.4 is 10.1 Å². The van der Waals surface area contributed by atoms with Crippen molar-refractivity contribution in [1.29, 1.82) is 0 Å². The van der Waals surface area contributed by atoms with Crippen LogP contribution in [0, 0.1) is 5.92 Å². The van der Waals surface area contributed by atoms with Gasteiger partial charge in [-0.15, -0.1) is 0 Å². The van der Waals surface area contributed by atoms with E-state index in [1.807, 2.05) is 98.8 Å². The molecule has 39 heavy (non-hydrogen) atoms. The van der Waals surface area contributed by atoms with Crippen molar-refractivity contribution >= 4 is 50.1 Å². The average Bonchev–Trinajstić information content (AvgIpc) is 2.94. The highest BCUT2D eigenvalue weighted by molar-refractivity contribution is 9.10. The summed E-state index contributed by atoms with van der Waals surface area (Å²) in [5.41, 5.74) is 1.71. The summed E-state index contributed by atoms with van der Waals surface area (Å²) in [6.07, 6.45) is 0.362. The van der Waals surface area contributed by atoms with E-state index in [1.165, 1.54) is 0 Å². The van der Waals surface area contributed by atoms with Gasteiger partial charge >= 0.3 is 0 Å². The molecule has 7 heteroatoms. The van der Waals surface area contributed by atoms with Crippen molar-refractivity contribution in [3.63, 3.8) is 0 Å². The number of ether oxygens (including phenoxy) is 1. The molecule has 0 aliphatic rings. The molecule has 0 aliphatic carbocycles. The van der Waals surface area contributed by atoms with Crippen molar-refractivity contribution in [2.24, 2.45) is 5.92 Å². The van der Waals surface area contributed by atoms with E-state index >= 15 is 0 Å². The quantitative estimate of drug-likeness (QED) is 0.199. The molecule has 0 spiro atoms. The van der Waals surface area contributed by atoms with Gasteiger partial charge in [-0.1, -0.05) is 104 Å². The maximum Gasteiger partial charge on any atom is 0.261 e. The largest absolute Gasteiger partial charge is 0.483 e. The molecule has 5 nitrogen and oxygen atoms in total. The lowest BCUT2D eigenvalue weighted by molar-refractivity contribution is -0.142. The number of benzene rings is 4. The predicted molar refractivity (Wildman–Crippen MR) is 161 cm³/mol. The highest BCUT2D eigenvalue weighted by Crippen LogP contribution is 2.33. The van der Waals surface area contributed by atoms with Gasteiger partial charge in [-0.25, -0.2) is 0 Å². The number of nitrogens with zero attached hydrogens (tertiary/aromatic N) is 1. The minimum atomic E-state index is -0.751. The predicted octanol–water partition coefficient (Wildman–Crippen LogP) is 7.05. The second-order valence-corrected chi connectivity index (χ2v) is 11.0. The average molecular weight is 608 g/mol. The summed E-state index contributed by atoms with van der Waals surface area (Å²) in [5.74, 6) is 0.312. The highest BCUT2D eigenvalue weighted by Gasteiger charge is 2.31. The Balaban J connectivity index is 1.64. The van der Waals surface area contributed by atoms with E-state index in [1.54, 1.807) is 11.0 Å². The van der Waals surface area contributed by atoms with Crippen LogP contribution in [0.5, 0.6) is 5.75 Å². The zero-order valence-corrected chi connectivity index (χ0v) is 24.4. The molecule has 4 aromatic carbocycles. The second kappa shape index (κ2) is 13.6. The van der Waals surface area contributed by atoms with Gasteiger partial charge in [0.05, 0.1) is 4.47 Å². The summed E-state index contributed by atoms with van der Waals surface area (Å²) < 4.78 is 6.81. The smallest absolute Gasteiger partial charge is 0.261 e. The number of carbonyl (C=O) groups is 2. The number of carbonyl (C=O) groups excluding carboxylic acids is 2. The Morgan fingerprint density at radius 1 is 0.923 bits per heavy atom. The molecule has 0 heterocycles. The maximum atomic E-state index is 13.8. The number of fused-ring (bicyclic) bond motifs is 1. The van der Waals surface area contributed by atoms with E-state index in [0.717, 1.165) is 26.4 Å². The molecular weight excluding hydrogens is 576 g/mol. The van der Waals surface area contributed by atoms with Gasteiger partial charge in [0.15, 0.2) is 6.61 Å². The van der Waals surface area contributed by atoms with Gasteiger partial charge in [-0.2, -0.15) is 0 Å². The molecule has 0 radical (unpaired) electrons. The van der Waals surface area contributed by atoms with Crippen LogP contribution in [0.25, 0.3) is 10.8 Å². The molecule has 0 unspecified atom stereocenters. The normalized spacial score (nSPS) is 11.8. The zero-order valence-electron chi connectivity index (χ0n) is 22.1. The molecule has 0 aliphatic heterocycles. The van der Waals surface area contributed by atoms with Crippen molar-refractivity contribution in [2.75, 3.05) is 13.2 Å². The minimum absolute atomic E-state index is 0.174. The van der Waals surface area contributed by atoms with Gasteiger partial charge in [0.25, 0.3) is 5.91 Å². The van der Waals surface area contributed by atoms with Crippen LogP contribution in [-0.4, -0.2) is 35.9 Å². The molecule has 4 aromatic rings. The van der Waals surface area contributed by atoms with Gasteiger partial charge in [-0.05, 0) is 55.9 Å². The number of rotatable bonds is 11. The standard InChI is InChI=1S/C32H32BrClN2O3/c1-22(2)19-35-32(38)28(18-23-10-4-3-5-11-23)36(20-25-13-7-9-15-27(25)34)30(37)21-39-29-17-16-24-12-6-8-14-26(24)31(29)33/h3-17,22,28H,18-21H2,1-2H3,(H,35,38)/t28-/m1/s1. The monoisotopic (exact) mass is 606 g/mol. The summed E-state index contributed by atoms with van der Waals surface area (Å²) in [5, 5.41) is 5.62. The van der Waals surface area contributed by atoms with E-state index in [0.29, 0.717) is 23.7 Å². The number of halogens is 2. The Kier molecular flexibility index (Phi) is 10.0. The highest BCUT2D eigenvalue weighted by atomic mass is 79.9. The van der Waals surface area contributed by atoms with Gasteiger partial charge in [0.1, 0.15) is 11.8 Å². The Bertz CT molecular complexity index is 1430. The van der Waals surface area contributed by atoms with E-state index in [4.69, 9.17) is 16.3 Å². The molecule has 2 amide bonds. The number of hydrogen-bond acceptors (Lipinski definition) is 3. The van der Waals surface area contributed by atoms with Crippen LogP contribution in [-0.2, 0) is 22.6 Å². The van der Waals surface area contributed by atoms with E-state index < -0.39 is 6.04 Å². The molecule has 0 fully saturated rings. The lowest BCUT2D eigenvalue weighted by atomic mass is 10.0. The zero-order chi connectivity index (χ0) is 27.8. The van der Waals surface area contributed by atoms with Crippen LogP contribution in [0.4, 0.5) is 0 Å². The van der Waals surface area contributed by atoms with Crippen molar-refractivity contribution in [1.82, 2.24) is 10.2 Å². The summed E-state index contributed by atoms with van der Waals surface area (Å²) in [6.45, 7) is 4.53. The fourth-order valence-electron chi connectivity index (χ4n) is 4.33. The first-order valence-corrected chi connectivity index (χ1v) is 14.1. The Morgan fingerprint density at radius 3 is 2.36 bits per heavy atom. The Hall–Kier alpha value is -3.35. The maximum absolute atomic E-state index is 13.8. The van der Waals surface area contributed by atoms with Crippen molar-refractivity contribution in [2.45, 2.75) is 32.9 Å². The van der Waals surface area contributed by atoms with Crippen LogP contribution in [0.2, 0.25) is 5.02 Å². The SMILES string of the molecule is CC(C)CNC(=O)[C@@H](Cc1ccccc1)N(Cc1ccccc1Cl)C(=O)COc1ccc2ccccc2c1Br. The van der Waals surface area contributed by atoms with Crippen molar-refractivity contribution in [3.8, 4) is 5.75 Å². The van der Waals surface area contributed by atoms with Crippen LogP contribution in [0.3, 0.4) is 0 Å². The topological polar surface area (TPSA) is 58.6 Å². The number of nitrogens with one attached hydrogen (secondary N) is 1. The Morgan fingerprint density at radius 2 is 1.62 bits per heavy atom. The molecule has 1 N–H and O–H groups in total. The molecule has 1 atom stereocenters. The lowest BCUT2D eigenvalue weighted by Gasteiger charge is -2.32. The Labute approximate surface area is 243 Å². The molecular formula is C32H32BrClN2O3. The minimum Gasteiger partial charge on any atom is -0.483 e. The lowest BCUT2D eigenvalue weighted by Crippen LogP contribution is -2.52. The van der Waals surface area contributed by atoms with Crippen LogP contribution in [0.1, 0.15) is 25.0 Å². The molecule has 0 saturated heterocycles. The third-order valence-electron chi connectivity index (χ3n) is 6.43. The molecule has 0 saturated carbocycles. The third-order valence-corrected chi connectivity index (χ3v) is 7.62. The first kappa shape index (κ1) is 28.7. The van der Waals surface area contributed by atoms with Gasteiger partial charge in [-0.3, -0.25) is 9.59 Å². The van der Waals surface area contributed by atoms with E-state index in [-0.39, 0.29) is 30.9 Å². The molecule has 202 valence electrons. The number of amides is 2. The summed E-state index contributed by atoms with van der Waals surface area (Å²) in [4.78, 5) is 29.0. The molecule has 4 rings (SSSR count). The summed E-state index contributed by atoms with van der Waals surface area (Å²) in [7, 11) is 0. The molecule has 0 aromatic heterocycles. The van der Waals surface area contributed by atoms with Gasteiger partial charge in [0, 0.05) is 24.5 Å². The first-order valence-electron chi connectivity index (χ1n) is 13.0. The summed E-state index contributed by atoms with van der Waals surface area (Å²) in [6, 6.07) is 28.1. The van der Waals surface area contributed by atoms with Crippen LogP contribution >= 0.6 is 27.5 Å².